The van der Waals surface area contributed by atoms with E-state index in [4.69, 9.17) is 0 Å². The van der Waals surface area contributed by atoms with Crippen molar-refractivity contribution in [3.63, 3.8) is 0 Å². The van der Waals surface area contributed by atoms with Crippen LogP contribution in [0.1, 0.15) is 12.8 Å². The van der Waals surface area contributed by atoms with E-state index in [2.05, 4.69) is 9.47 Å². The third kappa shape index (κ3) is 7.59. The lowest BCUT2D eigenvalue weighted by atomic mass is 10.1. The Morgan fingerprint density at radius 2 is 1.28 bits per heavy atom. The third-order valence-electron chi connectivity index (χ3n) is 2.04. The summed E-state index contributed by atoms with van der Waals surface area (Å²) in [5, 5.41) is 18.9. The lowest BCUT2D eigenvalue weighted by Crippen LogP contribution is -2.21. The van der Waals surface area contributed by atoms with Crippen molar-refractivity contribution in [2.24, 2.45) is 0 Å². The van der Waals surface area contributed by atoms with Gasteiger partial charge in [-0.05, 0) is 0 Å². The summed E-state index contributed by atoms with van der Waals surface area (Å²) < 4.78 is 8.79. The lowest BCUT2D eigenvalue weighted by molar-refractivity contribution is -0.140. The molecule has 0 aliphatic rings. The van der Waals surface area contributed by atoms with Gasteiger partial charge in [0, 0.05) is 0 Å². The second kappa shape index (κ2) is 9.38. The Bertz CT molecular complexity index is 289. The van der Waals surface area contributed by atoms with Crippen molar-refractivity contribution in [2.45, 2.75) is 25.0 Å². The Kier molecular flexibility index (Phi) is 8.51. The number of carbonyl (C=O) groups is 2. The number of aliphatic hydroxyl groups is 2. The molecule has 6 heteroatoms. The highest BCUT2D eigenvalue weighted by molar-refractivity contribution is 5.71. The van der Waals surface area contributed by atoms with Gasteiger partial charge in [0.2, 0.25) is 0 Å². The number of ether oxygens (including phenoxy) is 2. The first-order chi connectivity index (χ1) is 8.51. The molecule has 2 atom stereocenters. The van der Waals surface area contributed by atoms with Crippen LogP contribution in [-0.4, -0.2) is 48.6 Å². The smallest absolute Gasteiger partial charge is 0.309 e. The summed E-state index contributed by atoms with van der Waals surface area (Å²) in [5.41, 5.74) is 0. The van der Waals surface area contributed by atoms with Gasteiger partial charge < -0.3 is 19.7 Å². The molecule has 0 saturated heterocycles. The highest BCUT2D eigenvalue weighted by Gasteiger charge is 2.09. The maximum Gasteiger partial charge on any atom is 0.309 e. The molecular formula is C12H18O6. The Morgan fingerprint density at radius 3 is 1.56 bits per heavy atom. The maximum atomic E-state index is 10.8. The number of hydrogen-bond acceptors (Lipinski definition) is 6. The Balaban J connectivity index is 4.05. The molecule has 0 spiro atoms. The second-order valence-corrected chi connectivity index (χ2v) is 3.40. The number of esters is 2. The number of methoxy groups -OCH3 is 2. The lowest BCUT2D eigenvalue weighted by Gasteiger charge is -2.09. The van der Waals surface area contributed by atoms with Crippen molar-refractivity contribution in [2.75, 3.05) is 14.2 Å². The molecule has 0 saturated carbocycles. The number of rotatable bonds is 7. The molecule has 0 unspecified atom stereocenters. The first-order valence-corrected chi connectivity index (χ1v) is 5.34. The minimum atomic E-state index is -1.15. The molecule has 102 valence electrons. The van der Waals surface area contributed by atoms with E-state index in [0.717, 1.165) is 0 Å². The molecule has 0 aliphatic carbocycles. The average Bonchev–Trinajstić information content (AvgIpc) is 2.37. The maximum absolute atomic E-state index is 10.8. The van der Waals surface area contributed by atoms with E-state index < -0.39 is 24.1 Å². The van der Waals surface area contributed by atoms with Gasteiger partial charge in [0.05, 0.1) is 27.1 Å². The van der Waals surface area contributed by atoms with Gasteiger partial charge in [-0.3, -0.25) is 9.59 Å². The molecule has 0 aliphatic heterocycles. The van der Waals surface area contributed by atoms with Crippen LogP contribution in [0.5, 0.6) is 0 Å². The first kappa shape index (κ1) is 16.3. The van der Waals surface area contributed by atoms with Gasteiger partial charge in [-0.2, -0.15) is 0 Å². The number of aliphatic hydroxyl groups excluding tert-OH is 2. The molecule has 0 heterocycles. The molecule has 18 heavy (non-hydrogen) atoms. The van der Waals surface area contributed by atoms with Gasteiger partial charge in [-0.1, -0.05) is 24.3 Å². The molecular weight excluding hydrogens is 240 g/mol. The van der Waals surface area contributed by atoms with Crippen molar-refractivity contribution in [1.29, 1.82) is 0 Å². The second-order valence-electron chi connectivity index (χ2n) is 3.40. The van der Waals surface area contributed by atoms with E-state index in [1.807, 2.05) is 0 Å². The Morgan fingerprint density at radius 1 is 0.944 bits per heavy atom. The van der Waals surface area contributed by atoms with Gasteiger partial charge in [-0.25, -0.2) is 0 Å². The zero-order valence-electron chi connectivity index (χ0n) is 10.4. The molecule has 0 aromatic rings. The van der Waals surface area contributed by atoms with E-state index >= 15 is 0 Å². The van der Waals surface area contributed by atoms with E-state index in [1.165, 1.54) is 38.5 Å². The molecule has 0 radical (unpaired) electrons. The summed E-state index contributed by atoms with van der Waals surface area (Å²) in [6.45, 7) is 0. The summed E-state index contributed by atoms with van der Waals surface area (Å²) in [7, 11) is 2.52. The highest BCUT2D eigenvalue weighted by atomic mass is 16.5. The van der Waals surface area contributed by atoms with Crippen molar-refractivity contribution >= 4 is 11.9 Å². The van der Waals surface area contributed by atoms with Crippen LogP contribution < -0.4 is 0 Å². The summed E-state index contributed by atoms with van der Waals surface area (Å²) in [6.07, 6.45) is 3.10. The quantitative estimate of drug-likeness (QED) is 0.491. The van der Waals surface area contributed by atoms with Gasteiger partial charge >= 0.3 is 11.9 Å². The zero-order chi connectivity index (χ0) is 14.0. The van der Waals surface area contributed by atoms with E-state index in [1.54, 1.807) is 0 Å². The predicted octanol–water partition coefficient (Wildman–Crippen LogP) is -0.0532. The van der Waals surface area contributed by atoms with Crippen molar-refractivity contribution in [3.8, 4) is 0 Å². The van der Waals surface area contributed by atoms with Gasteiger partial charge in [0.15, 0.2) is 0 Å². The topological polar surface area (TPSA) is 93.1 Å². The first-order valence-electron chi connectivity index (χ1n) is 5.34. The normalized spacial score (nSPS) is 14.7. The van der Waals surface area contributed by atoms with Gasteiger partial charge in [0.1, 0.15) is 12.2 Å². The molecule has 6 nitrogen and oxygen atoms in total. The van der Waals surface area contributed by atoms with E-state index in [0.29, 0.717) is 0 Å². The summed E-state index contributed by atoms with van der Waals surface area (Å²) in [6, 6.07) is 0. The zero-order valence-corrected chi connectivity index (χ0v) is 10.4. The minimum absolute atomic E-state index is 0.0200. The van der Waals surface area contributed by atoms with Crippen LogP contribution >= 0.6 is 0 Å². The summed E-state index contributed by atoms with van der Waals surface area (Å²) >= 11 is 0. The van der Waals surface area contributed by atoms with Crippen LogP contribution in [0.4, 0.5) is 0 Å². The molecule has 0 aromatic carbocycles. The average molecular weight is 258 g/mol. The number of carbonyl (C=O) groups excluding carboxylic acids is 2. The van der Waals surface area contributed by atoms with Crippen LogP contribution in [0.15, 0.2) is 24.3 Å². The van der Waals surface area contributed by atoms with Gasteiger partial charge in [0.25, 0.3) is 0 Å². The van der Waals surface area contributed by atoms with Crippen LogP contribution in [0.25, 0.3) is 0 Å². The highest BCUT2D eigenvalue weighted by Crippen LogP contribution is 2.00. The molecule has 0 rings (SSSR count). The van der Waals surface area contributed by atoms with Crippen LogP contribution in [0, 0.1) is 0 Å². The summed E-state index contributed by atoms with van der Waals surface area (Å²) in [5.74, 6) is -0.872. The SMILES string of the molecule is COC(=O)CC=C[C@@H](O)[C@H](O)C=CCC(=O)OC. The van der Waals surface area contributed by atoms with Crippen molar-refractivity contribution < 1.29 is 29.3 Å². The standard InChI is InChI=1S/C12H18O6/c1-17-11(15)7-3-5-9(13)10(14)6-4-8-12(16)18-2/h3-6,9-10,13-14H,7-8H2,1-2H3/t9-,10-/m1/s1. The Labute approximate surface area is 106 Å². The van der Waals surface area contributed by atoms with Crippen LogP contribution in [0.3, 0.4) is 0 Å². The monoisotopic (exact) mass is 258 g/mol. The van der Waals surface area contributed by atoms with E-state index in [9.17, 15) is 19.8 Å². The van der Waals surface area contributed by atoms with Crippen LogP contribution in [-0.2, 0) is 19.1 Å². The fourth-order valence-corrected chi connectivity index (χ4v) is 1.00. The molecule has 0 amide bonds. The predicted molar refractivity (Wildman–Crippen MR) is 63.6 cm³/mol. The molecule has 0 aromatic heterocycles. The number of hydrogen-bond donors (Lipinski definition) is 2. The Hall–Kier alpha value is -1.66. The summed E-state index contributed by atoms with van der Waals surface area (Å²) in [4.78, 5) is 21.5. The van der Waals surface area contributed by atoms with Gasteiger partial charge in [-0.15, -0.1) is 0 Å². The molecule has 0 fully saturated rings. The fraction of sp³-hybridized carbons (Fsp3) is 0.500. The fourth-order valence-electron chi connectivity index (χ4n) is 1.00. The largest absolute Gasteiger partial charge is 0.469 e. The van der Waals surface area contributed by atoms with Crippen molar-refractivity contribution in [3.05, 3.63) is 24.3 Å². The van der Waals surface area contributed by atoms with E-state index in [-0.39, 0.29) is 12.8 Å². The minimum Gasteiger partial charge on any atom is -0.469 e. The molecule has 2 N–H and O–H groups in total. The van der Waals surface area contributed by atoms with Crippen molar-refractivity contribution in [1.82, 2.24) is 0 Å². The third-order valence-corrected chi connectivity index (χ3v) is 2.04. The van der Waals surface area contributed by atoms with Crippen LogP contribution in [0.2, 0.25) is 0 Å². The molecule has 0 bridgehead atoms.